The van der Waals surface area contributed by atoms with Crippen LogP contribution < -0.4 is 5.32 Å². The van der Waals surface area contributed by atoms with E-state index in [0.29, 0.717) is 6.54 Å². The Morgan fingerprint density at radius 2 is 2.00 bits per heavy atom. The lowest BCUT2D eigenvalue weighted by Gasteiger charge is -2.44. The van der Waals surface area contributed by atoms with Gasteiger partial charge in [-0.3, -0.25) is 4.79 Å². The van der Waals surface area contributed by atoms with Crippen LogP contribution in [0.25, 0.3) is 0 Å². The van der Waals surface area contributed by atoms with E-state index < -0.39 is 0 Å². The van der Waals surface area contributed by atoms with Crippen LogP contribution in [0.4, 0.5) is 0 Å². The van der Waals surface area contributed by atoms with Crippen molar-refractivity contribution in [1.82, 2.24) is 19.8 Å². The van der Waals surface area contributed by atoms with Gasteiger partial charge in [-0.15, -0.1) is 0 Å². The highest BCUT2D eigenvalue weighted by Crippen LogP contribution is 2.31. The predicted molar refractivity (Wildman–Crippen MR) is 105 cm³/mol. The van der Waals surface area contributed by atoms with Gasteiger partial charge in [0.2, 0.25) is 5.91 Å². The Morgan fingerprint density at radius 1 is 1.31 bits per heavy atom. The molecule has 2 fully saturated rings. The van der Waals surface area contributed by atoms with Crippen LogP contribution in [0.15, 0.2) is 12.4 Å². The number of carbonyl (C=O) groups is 1. The van der Waals surface area contributed by atoms with Gasteiger partial charge in [0.25, 0.3) is 0 Å². The molecule has 1 aromatic rings. The van der Waals surface area contributed by atoms with Crippen molar-refractivity contribution in [1.29, 1.82) is 0 Å². The summed E-state index contributed by atoms with van der Waals surface area (Å²) in [4.78, 5) is 19.8. The van der Waals surface area contributed by atoms with Crippen molar-refractivity contribution in [2.75, 3.05) is 19.6 Å². The largest absolute Gasteiger partial charge is 0.349 e. The highest BCUT2D eigenvalue weighted by molar-refractivity contribution is 5.79. The lowest BCUT2D eigenvalue weighted by atomic mass is 9.80. The molecule has 1 amide bonds. The van der Waals surface area contributed by atoms with Gasteiger partial charge < -0.3 is 14.8 Å². The van der Waals surface area contributed by atoms with Gasteiger partial charge in [-0.05, 0) is 51.6 Å². The molecule has 0 bridgehead atoms. The minimum Gasteiger partial charge on any atom is -0.349 e. The summed E-state index contributed by atoms with van der Waals surface area (Å²) >= 11 is 0. The zero-order valence-corrected chi connectivity index (χ0v) is 16.8. The van der Waals surface area contributed by atoms with E-state index in [1.165, 1.54) is 45.2 Å². The third-order valence-corrected chi connectivity index (χ3v) is 6.44. The molecule has 0 aromatic carbocycles. The number of carbonyl (C=O) groups excluding carboxylic acids is 1. The van der Waals surface area contributed by atoms with Crippen LogP contribution in [-0.4, -0.2) is 45.5 Å². The maximum atomic E-state index is 13.0. The number of imidazole rings is 1. The van der Waals surface area contributed by atoms with Crippen LogP contribution in [0.2, 0.25) is 0 Å². The fourth-order valence-electron chi connectivity index (χ4n) is 4.56. The summed E-state index contributed by atoms with van der Waals surface area (Å²) in [5.41, 5.74) is -0.0197. The first-order chi connectivity index (χ1) is 12.5. The van der Waals surface area contributed by atoms with E-state index in [9.17, 15) is 4.79 Å². The van der Waals surface area contributed by atoms with E-state index in [1.54, 1.807) is 6.20 Å². The predicted octanol–water partition coefficient (Wildman–Crippen LogP) is 3.38. The summed E-state index contributed by atoms with van der Waals surface area (Å²) in [6.07, 6.45) is 12.4. The summed E-state index contributed by atoms with van der Waals surface area (Å²) in [6.45, 7) is 10.5. The Kier molecular flexibility index (Phi) is 6.38. The second-order valence-electron chi connectivity index (χ2n) is 8.82. The second kappa shape index (κ2) is 8.55. The molecule has 1 aromatic heterocycles. The Bertz CT molecular complexity index is 583. The summed E-state index contributed by atoms with van der Waals surface area (Å²) in [6, 6.07) is 0. The maximum Gasteiger partial charge on any atom is 0.225 e. The lowest BCUT2D eigenvalue weighted by molar-refractivity contribution is -0.127. The highest BCUT2D eigenvalue weighted by atomic mass is 16.2. The fourth-order valence-corrected chi connectivity index (χ4v) is 4.56. The fraction of sp³-hybridized carbons (Fsp3) is 0.810. The SMILES string of the molecule is Cc1nccn1C[C@@H](C)C(=O)NC1(CN2CCC(C)CC2)CCCCC1. The molecule has 1 aliphatic carbocycles. The van der Waals surface area contributed by atoms with Crippen molar-refractivity contribution in [3.05, 3.63) is 18.2 Å². The zero-order chi connectivity index (χ0) is 18.6. The van der Waals surface area contributed by atoms with Crippen LogP contribution in [-0.2, 0) is 11.3 Å². The van der Waals surface area contributed by atoms with Crippen molar-refractivity contribution >= 4 is 5.91 Å². The van der Waals surface area contributed by atoms with Gasteiger partial charge in [-0.2, -0.15) is 0 Å². The normalized spacial score (nSPS) is 22.9. The molecule has 5 nitrogen and oxygen atoms in total. The van der Waals surface area contributed by atoms with Crippen LogP contribution >= 0.6 is 0 Å². The van der Waals surface area contributed by atoms with Crippen molar-refractivity contribution < 1.29 is 4.79 Å². The van der Waals surface area contributed by atoms with Gasteiger partial charge in [-0.25, -0.2) is 4.98 Å². The maximum absolute atomic E-state index is 13.0. The molecule has 1 saturated heterocycles. The van der Waals surface area contributed by atoms with Crippen LogP contribution in [0.5, 0.6) is 0 Å². The molecular weight excluding hydrogens is 324 g/mol. The van der Waals surface area contributed by atoms with Gasteiger partial charge in [0.05, 0.1) is 11.5 Å². The first kappa shape index (κ1) is 19.4. The minimum atomic E-state index is -0.0388. The van der Waals surface area contributed by atoms with Crippen LogP contribution in [0.1, 0.15) is 64.6 Å². The number of piperidine rings is 1. The number of amides is 1. The third kappa shape index (κ3) is 4.87. The third-order valence-electron chi connectivity index (χ3n) is 6.44. The molecule has 0 unspecified atom stereocenters. The molecule has 5 heteroatoms. The molecule has 2 aliphatic rings. The Labute approximate surface area is 158 Å². The van der Waals surface area contributed by atoms with Crippen molar-refractivity contribution in [3.8, 4) is 0 Å². The molecule has 3 rings (SSSR count). The number of aryl methyl sites for hydroxylation is 1. The molecule has 26 heavy (non-hydrogen) atoms. The molecule has 1 saturated carbocycles. The van der Waals surface area contributed by atoms with E-state index in [4.69, 9.17) is 0 Å². The van der Waals surface area contributed by atoms with Crippen molar-refractivity contribution in [2.45, 2.75) is 77.8 Å². The molecule has 1 atom stereocenters. The van der Waals surface area contributed by atoms with E-state index in [-0.39, 0.29) is 17.4 Å². The molecule has 0 radical (unpaired) electrons. The molecular formula is C21H36N4O. The zero-order valence-electron chi connectivity index (χ0n) is 16.8. The highest BCUT2D eigenvalue weighted by Gasteiger charge is 2.36. The van der Waals surface area contributed by atoms with Crippen LogP contribution in [0.3, 0.4) is 0 Å². The van der Waals surface area contributed by atoms with E-state index in [0.717, 1.165) is 31.1 Å². The average Bonchev–Trinajstić information content (AvgIpc) is 3.02. The van der Waals surface area contributed by atoms with Gasteiger partial charge >= 0.3 is 0 Å². The summed E-state index contributed by atoms with van der Waals surface area (Å²) < 4.78 is 2.07. The van der Waals surface area contributed by atoms with Crippen LogP contribution in [0, 0.1) is 18.8 Å². The number of rotatable bonds is 6. The average molecular weight is 361 g/mol. The number of likely N-dealkylation sites (tertiary alicyclic amines) is 1. The van der Waals surface area contributed by atoms with E-state index in [1.807, 2.05) is 20.0 Å². The van der Waals surface area contributed by atoms with Crippen molar-refractivity contribution in [3.63, 3.8) is 0 Å². The van der Waals surface area contributed by atoms with E-state index in [2.05, 4.69) is 26.7 Å². The van der Waals surface area contributed by atoms with Gasteiger partial charge in [0, 0.05) is 25.5 Å². The monoisotopic (exact) mass is 360 g/mol. The summed E-state index contributed by atoms with van der Waals surface area (Å²) in [5, 5.41) is 3.51. The number of aromatic nitrogens is 2. The quantitative estimate of drug-likeness (QED) is 0.846. The summed E-state index contributed by atoms with van der Waals surface area (Å²) in [7, 11) is 0. The smallest absolute Gasteiger partial charge is 0.225 e. The Balaban J connectivity index is 1.61. The lowest BCUT2D eigenvalue weighted by Crippen LogP contribution is -2.58. The number of hydrogen-bond acceptors (Lipinski definition) is 3. The number of nitrogens with zero attached hydrogens (tertiary/aromatic N) is 3. The molecule has 0 spiro atoms. The van der Waals surface area contributed by atoms with Gasteiger partial charge in [0.15, 0.2) is 0 Å². The summed E-state index contributed by atoms with van der Waals surface area (Å²) in [5.74, 6) is 1.98. The second-order valence-corrected chi connectivity index (χ2v) is 8.82. The number of hydrogen-bond donors (Lipinski definition) is 1. The molecule has 1 N–H and O–H groups in total. The van der Waals surface area contributed by atoms with Crippen molar-refractivity contribution in [2.24, 2.45) is 11.8 Å². The first-order valence-corrected chi connectivity index (χ1v) is 10.5. The first-order valence-electron chi connectivity index (χ1n) is 10.5. The standard InChI is InChI=1S/C21H36N4O/c1-17-7-12-24(13-8-17)16-21(9-5-4-6-10-21)23-20(26)18(2)15-25-14-11-22-19(25)3/h11,14,17-18H,4-10,12-13,15-16H2,1-3H3,(H,23,26)/t18-/m1/s1. The minimum absolute atomic E-state index is 0.0197. The van der Waals surface area contributed by atoms with Gasteiger partial charge in [0.1, 0.15) is 5.82 Å². The molecule has 1 aliphatic heterocycles. The topological polar surface area (TPSA) is 50.2 Å². The Hall–Kier alpha value is -1.36. The Morgan fingerprint density at radius 3 is 2.62 bits per heavy atom. The molecule has 2 heterocycles. The van der Waals surface area contributed by atoms with E-state index >= 15 is 0 Å². The number of nitrogens with one attached hydrogen (secondary N) is 1. The van der Waals surface area contributed by atoms with Gasteiger partial charge in [-0.1, -0.05) is 33.1 Å². The molecule has 146 valence electrons.